The van der Waals surface area contributed by atoms with Gasteiger partial charge in [0.25, 0.3) is 5.91 Å². The molecular weight excluding hydrogens is 478 g/mol. The zero-order chi connectivity index (χ0) is 24.8. The lowest BCUT2D eigenvalue weighted by Gasteiger charge is -2.30. The lowest BCUT2D eigenvalue weighted by molar-refractivity contribution is -0.113. The average molecular weight is 502 g/mol. The van der Waals surface area contributed by atoms with Crippen LogP contribution in [0, 0.1) is 11.3 Å². The largest absolute Gasteiger partial charge is 0.495 e. The Bertz CT molecular complexity index is 1330. The minimum atomic E-state index is -0.509. The van der Waals surface area contributed by atoms with E-state index >= 15 is 0 Å². The maximum absolute atomic E-state index is 13.6. The number of halogens is 1. The number of allylic oxidation sites excluding steroid dienone is 2. The van der Waals surface area contributed by atoms with Gasteiger partial charge in [0.15, 0.2) is 0 Å². The van der Waals surface area contributed by atoms with Gasteiger partial charge in [0.1, 0.15) is 5.75 Å². The molecule has 0 bridgehead atoms. The Morgan fingerprint density at radius 1 is 1.09 bits per heavy atom. The lowest BCUT2D eigenvalue weighted by Crippen LogP contribution is -2.30. The molecule has 1 heterocycles. The molecule has 0 radical (unpaired) electrons. The molecule has 0 fully saturated rings. The molecule has 1 atom stereocenters. The average Bonchev–Trinajstić information content (AvgIpc) is 2.88. The second-order valence-electron chi connectivity index (χ2n) is 7.93. The summed E-state index contributed by atoms with van der Waals surface area (Å²) >= 11 is 7.54. The van der Waals surface area contributed by atoms with Gasteiger partial charge in [0.2, 0.25) is 0 Å². The third-order valence-electron chi connectivity index (χ3n) is 5.68. The summed E-state index contributed by atoms with van der Waals surface area (Å²) in [5.41, 5.74) is 4.23. The number of amides is 1. The van der Waals surface area contributed by atoms with E-state index in [2.05, 4.69) is 16.7 Å². The topological polar surface area (TPSA) is 74.2 Å². The van der Waals surface area contributed by atoms with E-state index in [1.807, 2.05) is 73.7 Å². The maximum Gasteiger partial charge on any atom is 0.254 e. The van der Waals surface area contributed by atoms with Crippen molar-refractivity contribution in [2.75, 3.05) is 12.4 Å². The molecule has 2 N–H and O–H groups in total. The maximum atomic E-state index is 13.6. The second kappa shape index (κ2) is 11.2. The third kappa shape index (κ3) is 5.54. The lowest BCUT2D eigenvalue weighted by atomic mass is 9.82. The fraction of sp³-hybridized carbons (Fsp3) is 0.143. The van der Waals surface area contributed by atoms with Gasteiger partial charge < -0.3 is 15.4 Å². The summed E-state index contributed by atoms with van der Waals surface area (Å²) in [6.07, 6.45) is 0. The van der Waals surface area contributed by atoms with Crippen molar-refractivity contribution in [1.29, 1.82) is 5.26 Å². The predicted octanol–water partition coefficient (Wildman–Crippen LogP) is 6.62. The molecule has 0 spiro atoms. The van der Waals surface area contributed by atoms with Crippen molar-refractivity contribution in [1.82, 2.24) is 5.32 Å². The van der Waals surface area contributed by atoms with Crippen LogP contribution in [0.1, 0.15) is 24.0 Å². The first-order chi connectivity index (χ1) is 17.0. The van der Waals surface area contributed by atoms with Crippen molar-refractivity contribution < 1.29 is 9.53 Å². The van der Waals surface area contributed by atoms with Crippen LogP contribution in [0.5, 0.6) is 5.75 Å². The van der Waals surface area contributed by atoms with E-state index in [1.54, 1.807) is 19.2 Å². The summed E-state index contributed by atoms with van der Waals surface area (Å²) in [4.78, 5) is 13.6. The zero-order valence-corrected chi connectivity index (χ0v) is 20.9. The number of nitriles is 1. The summed E-state index contributed by atoms with van der Waals surface area (Å²) < 4.78 is 5.39. The Labute approximate surface area is 214 Å². The van der Waals surface area contributed by atoms with Crippen LogP contribution in [0.3, 0.4) is 0 Å². The highest BCUT2D eigenvalue weighted by molar-refractivity contribution is 8.02. The number of para-hydroxylation sites is 2. The van der Waals surface area contributed by atoms with Crippen LogP contribution < -0.4 is 15.4 Å². The number of nitrogens with one attached hydrogen (secondary N) is 2. The molecule has 3 aromatic carbocycles. The number of methoxy groups -OCH3 is 1. The zero-order valence-electron chi connectivity index (χ0n) is 19.3. The van der Waals surface area contributed by atoms with E-state index in [4.69, 9.17) is 16.3 Å². The minimum absolute atomic E-state index is 0.289. The Hall–Kier alpha value is -3.66. The quantitative estimate of drug-likeness (QED) is 0.380. The Balaban J connectivity index is 1.70. The summed E-state index contributed by atoms with van der Waals surface area (Å²) in [5, 5.41) is 17.9. The van der Waals surface area contributed by atoms with Crippen LogP contribution in [0.15, 0.2) is 101 Å². The molecule has 1 aliphatic heterocycles. The fourth-order valence-electron chi connectivity index (χ4n) is 3.98. The molecule has 3 aromatic rings. The van der Waals surface area contributed by atoms with Gasteiger partial charge >= 0.3 is 0 Å². The molecule has 0 saturated heterocycles. The van der Waals surface area contributed by atoms with Crippen LogP contribution >= 0.6 is 23.4 Å². The van der Waals surface area contributed by atoms with Gasteiger partial charge in [-0.25, -0.2) is 0 Å². The van der Waals surface area contributed by atoms with Gasteiger partial charge in [-0.05, 0) is 42.3 Å². The third-order valence-corrected chi connectivity index (χ3v) is 7.02. The number of dihydropyridines is 1. The fourth-order valence-corrected chi connectivity index (χ4v) is 5.15. The second-order valence-corrected chi connectivity index (χ2v) is 9.35. The number of hydrogen-bond donors (Lipinski definition) is 2. The van der Waals surface area contributed by atoms with Crippen molar-refractivity contribution in [2.45, 2.75) is 18.6 Å². The normalized spacial score (nSPS) is 15.3. The molecule has 4 rings (SSSR count). The number of nitrogens with zero attached hydrogens (tertiary/aromatic N) is 1. The molecule has 176 valence electrons. The molecule has 1 aliphatic rings. The number of carbonyl (C=O) groups is 1. The number of thioether (sulfide) groups is 1. The Kier molecular flexibility index (Phi) is 7.81. The van der Waals surface area contributed by atoms with Crippen molar-refractivity contribution >= 4 is 35.0 Å². The van der Waals surface area contributed by atoms with E-state index in [0.29, 0.717) is 39.1 Å². The molecule has 1 unspecified atom stereocenters. The van der Waals surface area contributed by atoms with Crippen molar-refractivity contribution in [3.8, 4) is 11.8 Å². The highest BCUT2D eigenvalue weighted by Gasteiger charge is 2.34. The van der Waals surface area contributed by atoms with Crippen LogP contribution in [0.4, 0.5) is 5.69 Å². The summed E-state index contributed by atoms with van der Waals surface area (Å²) in [5.74, 6) is 0.421. The van der Waals surface area contributed by atoms with E-state index in [0.717, 1.165) is 16.2 Å². The van der Waals surface area contributed by atoms with Gasteiger partial charge in [-0.2, -0.15) is 5.26 Å². The van der Waals surface area contributed by atoms with E-state index < -0.39 is 5.92 Å². The van der Waals surface area contributed by atoms with Crippen LogP contribution in [0.2, 0.25) is 5.02 Å². The minimum Gasteiger partial charge on any atom is -0.495 e. The number of carbonyl (C=O) groups excluding carboxylic acids is 1. The monoisotopic (exact) mass is 501 g/mol. The Morgan fingerprint density at radius 3 is 2.46 bits per heavy atom. The van der Waals surface area contributed by atoms with Crippen LogP contribution in [-0.2, 0) is 10.5 Å². The summed E-state index contributed by atoms with van der Waals surface area (Å²) in [7, 11) is 1.56. The number of benzene rings is 3. The van der Waals surface area contributed by atoms with E-state index in [-0.39, 0.29) is 5.91 Å². The molecule has 7 heteroatoms. The molecule has 0 aromatic heterocycles. The molecule has 0 aliphatic carbocycles. The van der Waals surface area contributed by atoms with Crippen LogP contribution in [0.25, 0.3) is 0 Å². The van der Waals surface area contributed by atoms with Gasteiger partial charge in [-0.1, -0.05) is 66.2 Å². The first-order valence-corrected chi connectivity index (χ1v) is 12.4. The first-order valence-electron chi connectivity index (χ1n) is 11.0. The first kappa shape index (κ1) is 24.5. The van der Waals surface area contributed by atoms with Gasteiger partial charge in [-0.3, -0.25) is 4.79 Å². The molecule has 1 amide bonds. The molecule has 5 nitrogen and oxygen atoms in total. The van der Waals surface area contributed by atoms with Crippen molar-refractivity contribution in [3.63, 3.8) is 0 Å². The molecule has 35 heavy (non-hydrogen) atoms. The van der Waals surface area contributed by atoms with E-state index in [9.17, 15) is 10.1 Å². The molecule has 0 saturated carbocycles. The highest BCUT2D eigenvalue weighted by Crippen LogP contribution is 2.41. The van der Waals surface area contributed by atoms with Gasteiger partial charge in [-0.15, -0.1) is 11.8 Å². The number of rotatable bonds is 7. The number of ether oxygens (including phenoxy) is 1. The highest BCUT2D eigenvalue weighted by atomic mass is 35.5. The summed E-state index contributed by atoms with van der Waals surface area (Å²) in [6, 6.07) is 26.9. The number of anilines is 1. The smallest absolute Gasteiger partial charge is 0.254 e. The standard InChI is InChI=1S/C28H24ClN3O2S/c1-18-25(27(33)32-23-10-6-7-11-24(23)34-2)26(20-8-4-3-5-9-20)22(16-30)28(31-18)35-17-19-12-14-21(29)15-13-19/h3-15,26,31H,17H2,1-2H3,(H,32,33). The Morgan fingerprint density at radius 2 is 1.77 bits per heavy atom. The molecular formula is C28H24ClN3O2S. The SMILES string of the molecule is COc1ccccc1NC(=O)C1=C(C)NC(SCc2ccc(Cl)cc2)=C(C#N)C1c1ccccc1. The summed E-state index contributed by atoms with van der Waals surface area (Å²) in [6.45, 7) is 1.87. The van der Waals surface area contributed by atoms with Crippen molar-refractivity contribution in [2.24, 2.45) is 0 Å². The predicted molar refractivity (Wildman–Crippen MR) is 142 cm³/mol. The van der Waals surface area contributed by atoms with Crippen LogP contribution in [-0.4, -0.2) is 13.0 Å². The van der Waals surface area contributed by atoms with Gasteiger partial charge in [0.05, 0.1) is 35.4 Å². The van der Waals surface area contributed by atoms with E-state index in [1.165, 1.54) is 11.8 Å². The van der Waals surface area contributed by atoms with Crippen molar-refractivity contribution in [3.05, 3.63) is 117 Å². The number of hydrogen-bond acceptors (Lipinski definition) is 5. The van der Waals surface area contributed by atoms with Gasteiger partial charge in [0, 0.05) is 22.0 Å².